The number of nitrogens with zero attached hydrogens (tertiary/aromatic N) is 3. The number of fused-ring (bicyclic) bond motifs is 1. The van der Waals surface area contributed by atoms with Crippen molar-refractivity contribution in [1.82, 2.24) is 19.7 Å². The fourth-order valence-electron chi connectivity index (χ4n) is 2.90. The maximum absolute atomic E-state index is 10.6. The first kappa shape index (κ1) is 20.1. The molecule has 0 aliphatic carbocycles. The van der Waals surface area contributed by atoms with Crippen LogP contribution in [0.15, 0.2) is 55.1 Å². The summed E-state index contributed by atoms with van der Waals surface area (Å²) in [6, 6.07) is 10.5. The van der Waals surface area contributed by atoms with Crippen molar-refractivity contribution in [2.45, 2.75) is 20.0 Å². The van der Waals surface area contributed by atoms with Crippen LogP contribution >= 0.6 is 0 Å². The topological polar surface area (TPSA) is 83.8 Å². The number of carboxylic acids is 1. The summed E-state index contributed by atoms with van der Waals surface area (Å²) < 4.78 is 33.7. The second-order valence-corrected chi connectivity index (χ2v) is 6.42. The lowest BCUT2D eigenvalue weighted by Gasteiger charge is -2.04. The molecule has 9 heteroatoms. The number of halogens is 3. The van der Waals surface area contributed by atoms with Gasteiger partial charge < -0.3 is 10.1 Å². The van der Waals surface area contributed by atoms with Crippen LogP contribution in [-0.2, 0) is 4.79 Å². The third-order valence-electron chi connectivity index (χ3n) is 4.07. The van der Waals surface area contributed by atoms with Gasteiger partial charge in [-0.2, -0.15) is 18.3 Å². The van der Waals surface area contributed by atoms with Gasteiger partial charge in [-0.05, 0) is 54.8 Å². The summed E-state index contributed by atoms with van der Waals surface area (Å²) in [4.78, 5) is 16.4. The number of alkyl halides is 3. The minimum absolute atomic E-state index is 0.900. The number of aryl methyl sites for hydroxylation is 2. The lowest BCUT2D eigenvalue weighted by Crippen LogP contribution is -2.21. The molecule has 0 radical (unpaired) electrons. The monoisotopic (exact) mass is 402 g/mol. The van der Waals surface area contributed by atoms with Crippen molar-refractivity contribution in [3.05, 3.63) is 66.2 Å². The van der Waals surface area contributed by atoms with E-state index in [4.69, 9.17) is 9.90 Å². The normalized spacial score (nSPS) is 11.2. The summed E-state index contributed by atoms with van der Waals surface area (Å²) in [7, 11) is 0. The van der Waals surface area contributed by atoms with Crippen molar-refractivity contribution in [1.29, 1.82) is 0 Å². The lowest BCUT2D eigenvalue weighted by atomic mass is 10.1. The number of aliphatic carboxylic acids is 1. The summed E-state index contributed by atoms with van der Waals surface area (Å²) in [5.74, 6) is -2.76. The van der Waals surface area contributed by atoms with E-state index in [1.165, 1.54) is 11.1 Å². The van der Waals surface area contributed by atoms with Gasteiger partial charge in [-0.1, -0.05) is 6.07 Å². The fraction of sp³-hybridized carbons (Fsp3) is 0.150. The minimum atomic E-state index is -5.08. The van der Waals surface area contributed by atoms with Crippen molar-refractivity contribution in [3.63, 3.8) is 0 Å². The number of rotatable bonds is 2. The van der Waals surface area contributed by atoms with Crippen LogP contribution in [0, 0.1) is 13.8 Å². The number of pyridine rings is 1. The number of nitrogens with one attached hydrogen (secondary N) is 1. The Morgan fingerprint density at radius 2 is 1.79 bits per heavy atom. The first-order valence-corrected chi connectivity index (χ1v) is 8.51. The summed E-state index contributed by atoms with van der Waals surface area (Å²) in [5, 5.41) is 12.8. The molecule has 0 aliphatic rings. The van der Waals surface area contributed by atoms with Crippen LogP contribution < -0.4 is 0 Å². The smallest absolute Gasteiger partial charge is 0.475 e. The second kappa shape index (κ2) is 7.78. The van der Waals surface area contributed by atoms with Crippen molar-refractivity contribution < 1.29 is 23.1 Å². The van der Waals surface area contributed by atoms with Gasteiger partial charge in [0.05, 0.1) is 11.9 Å². The molecule has 6 nitrogen and oxygen atoms in total. The van der Waals surface area contributed by atoms with Gasteiger partial charge in [0.1, 0.15) is 5.65 Å². The first-order chi connectivity index (χ1) is 13.6. The molecule has 1 aromatic carbocycles. The Balaban J connectivity index is 0.000000298. The van der Waals surface area contributed by atoms with E-state index in [1.54, 1.807) is 0 Å². The highest BCUT2D eigenvalue weighted by Crippen LogP contribution is 2.27. The second-order valence-electron chi connectivity index (χ2n) is 6.42. The highest BCUT2D eigenvalue weighted by molar-refractivity contribution is 5.92. The summed E-state index contributed by atoms with van der Waals surface area (Å²) in [5.41, 5.74) is 6.70. The van der Waals surface area contributed by atoms with E-state index in [2.05, 4.69) is 53.3 Å². The molecule has 3 heterocycles. The number of H-pyrrole nitrogens is 1. The van der Waals surface area contributed by atoms with Crippen LogP contribution in [0.1, 0.15) is 11.1 Å². The highest BCUT2D eigenvalue weighted by atomic mass is 19.4. The third-order valence-corrected chi connectivity index (χ3v) is 4.07. The van der Waals surface area contributed by atoms with E-state index < -0.39 is 12.1 Å². The number of aromatic amines is 1. The van der Waals surface area contributed by atoms with Crippen LogP contribution in [0.3, 0.4) is 0 Å². The zero-order valence-corrected chi connectivity index (χ0v) is 15.5. The van der Waals surface area contributed by atoms with Crippen LogP contribution in [0.25, 0.3) is 27.8 Å². The molecule has 0 saturated heterocycles. The molecule has 0 saturated carbocycles. The number of carboxylic acid groups (broad SMARTS) is 1. The molecule has 0 amide bonds. The predicted octanol–water partition coefficient (Wildman–Crippen LogP) is 4.67. The number of hydrogen-bond acceptors (Lipinski definition) is 3. The number of aromatic nitrogens is 4. The Kier molecular flexibility index (Phi) is 5.40. The quantitative estimate of drug-likeness (QED) is 0.511. The molecule has 150 valence electrons. The van der Waals surface area contributed by atoms with Crippen molar-refractivity contribution >= 4 is 17.0 Å². The van der Waals surface area contributed by atoms with E-state index in [9.17, 15) is 13.2 Å². The van der Waals surface area contributed by atoms with Crippen molar-refractivity contribution in [2.24, 2.45) is 0 Å². The molecule has 2 N–H and O–H groups in total. The molecule has 0 unspecified atom stereocenters. The molecule has 4 rings (SSSR count). The molecular weight excluding hydrogens is 385 g/mol. The minimum Gasteiger partial charge on any atom is -0.475 e. The predicted molar refractivity (Wildman–Crippen MR) is 102 cm³/mol. The summed E-state index contributed by atoms with van der Waals surface area (Å²) in [6.45, 7) is 4.21. The summed E-state index contributed by atoms with van der Waals surface area (Å²) in [6.07, 6.45) is 2.62. The van der Waals surface area contributed by atoms with Gasteiger partial charge >= 0.3 is 12.1 Å². The van der Waals surface area contributed by atoms with Gasteiger partial charge in [-0.3, -0.25) is 0 Å². The highest BCUT2D eigenvalue weighted by Gasteiger charge is 2.38. The molecule has 0 spiro atoms. The van der Waals surface area contributed by atoms with Gasteiger partial charge in [0.15, 0.2) is 0 Å². The molecule has 0 aliphatic heterocycles. The average molecular weight is 402 g/mol. The maximum atomic E-state index is 10.6. The fourth-order valence-corrected chi connectivity index (χ4v) is 2.90. The van der Waals surface area contributed by atoms with Gasteiger partial charge in [0.25, 0.3) is 0 Å². The Labute approximate surface area is 163 Å². The zero-order chi connectivity index (χ0) is 21.2. The largest absolute Gasteiger partial charge is 0.490 e. The Bertz CT molecular complexity index is 1140. The van der Waals surface area contributed by atoms with Crippen molar-refractivity contribution in [3.8, 4) is 16.8 Å². The van der Waals surface area contributed by atoms with E-state index in [0.29, 0.717) is 0 Å². The zero-order valence-electron chi connectivity index (χ0n) is 15.5. The molecule has 29 heavy (non-hydrogen) atoms. The number of carbonyl (C=O) groups is 1. The van der Waals surface area contributed by atoms with E-state index in [0.717, 1.165) is 27.8 Å². The van der Waals surface area contributed by atoms with Crippen LogP contribution in [0.5, 0.6) is 0 Å². The maximum Gasteiger partial charge on any atom is 0.490 e. The third kappa shape index (κ3) is 4.63. The van der Waals surface area contributed by atoms with Gasteiger partial charge in [-0.15, -0.1) is 0 Å². The van der Waals surface area contributed by atoms with E-state index >= 15 is 0 Å². The Morgan fingerprint density at radius 3 is 2.41 bits per heavy atom. The molecule has 4 aromatic rings. The van der Waals surface area contributed by atoms with Gasteiger partial charge in [0.2, 0.25) is 0 Å². The number of hydrogen-bond donors (Lipinski definition) is 2. The molecule has 0 fully saturated rings. The van der Waals surface area contributed by atoms with E-state index in [-0.39, 0.29) is 0 Å². The SMILES string of the molecule is Cc1cc(C)cc(-n2cc(-c3ccnc4[nH]ccc34)cn2)c1.O=C(O)C(F)(F)F. The molecule has 3 aromatic heterocycles. The Morgan fingerprint density at radius 1 is 1.14 bits per heavy atom. The van der Waals surface area contributed by atoms with E-state index in [1.807, 2.05) is 35.4 Å². The number of benzene rings is 1. The average Bonchev–Trinajstić information content (AvgIpc) is 3.30. The lowest BCUT2D eigenvalue weighted by molar-refractivity contribution is -0.192. The Hall–Kier alpha value is -3.62. The van der Waals surface area contributed by atoms with Crippen molar-refractivity contribution in [2.75, 3.05) is 0 Å². The van der Waals surface area contributed by atoms with Gasteiger partial charge in [-0.25, -0.2) is 14.5 Å². The standard InChI is InChI=1S/C18H16N4.C2HF3O2/c1-12-7-13(2)9-15(8-12)22-11-14(10-21-22)16-3-5-19-18-17(16)4-6-20-18;3-2(4,5)1(6)7/h3-11H,1-2H3,(H,19,20);(H,6,7). The van der Waals surface area contributed by atoms with Crippen LogP contribution in [0.2, 0.25) is 0 Å². The summed E-state index contributed by atoms with van der Waals surface area (Å²) >= 11 is 0. The molecule has 0 atom stereocenters. The first-order valence-electron chi connectivity index (χ1n) is 8.51. The van der Waals surface area contributed by atoms with Gasteiger partial charge in [0, 0.05) is 29.5 Å². The molecule has 0 bridgehead atoms. The molecular formula is C20H17F3N4O2. The van der Waals surface area contributed by atoms with Crippen LogP contribution in [0.4, 0.5) is 13.2 Å². The van der Waals surface area contributed by atoms with Crippen LogP contribution in [-0.4, -0.2) is 37.0 Å².